The quantitative estimate of drug-likeness (QED) is 0.315. The molecule has 0 radical (unpaired) electrons. The van der Waals surface area contributed by atoms with Crippen molar-refractivity contribution in [2.45, 2.75) is 0 Å². The fraction of sp³-hybridized carbons (Fsp3) is 0. The molecule has 12 nitrogen and oxygen atoms in total. The molecule has 0 aliphatic heterocycles. The van der Waals surface area contributed by atoms with Gasteiger partial charge in [0.25, 0.3) is 0 Å². The largest absolute Gasteiger partial charge is 0.234 e. The minimum absolute atomic E-state index is 0.0193. The summed E-state index contributed by atoms with van der Waals surface area (Å²) in [4.78, 5) is 14.4. The van der Waals surface area contributed by atoms with Crippen molar-refractivity contribution >= 4 is 33.4 Å². The third-order valence-electron chi connectivity index (χ3n) is 6.63. The summed E-state index contributed by atoms with van der Waals surface area (Å²) >= 11 is 0. The van der Waals surface area contributed by atoms with Crippen LogP contribution in [0, 0.1) is 103 Å². The van der Waals surface area contributed by atoms with Crippen LogP contribution in [0.15, 0.2) is 35.7 Å². The molecule has 44 heavy (non-hydrogen) atoms. The average Bonchev–Trinajstić information content (AvgIpc) is 3.52. The molecule has 14 heteroatoms. The van der Waals surface area contributed by atoms with Crippen LogP contribution in [0.4, 0.5) is 8.78 Å². The molecule has 0 saturated heterocycles. The first kappa shape index (κ1) is 27.7. The van der Waals surface area contributed by atoms with Gasteiger partial charge in [0.2, 0.25) is 23.5 Å². The van der Waals surface area contributed by atoms with Gasteiger partial charge in [0.05, 0.1) is 22.3 Å². The van der Waals surface area contributed by atoms with E-state index in [1.54, 1.807) is 36.4 Å². The maximum absolute atomic E-state index is 15.2. The molecule has 0 unspecified atom stereocenters. The highest BCUT2D eigenvalue weighted by Gasteiger charge is 2.38. The van der Waals surface area contributed by atoms with E-state index in [0.29, 0.717) is 0 Å². The van der Waals surface area contributed by atoms with Crippen LogP contribution in [0.25, 0.3) is 33.4 Å². The third kappa shape index (κ3) is 3.89. The number of allylic oxidation sites excluding steroid dienone is 8. The predicted octanol–water partition coefficient (Wildman–Crippen LogP) is 3.79. The third-order valence-corrected chi connectivity index (χ3v) is 6.63. The van der Waals surface area contributed by atoms with Gasteiger partial charge in [0.15, 0.2) is 0 Å². The van der Waals surface area contributed by atoms with Crippen LogP contribution in [0.5, 0.6) is 0 Å². The van der Waals surface area contributed by atoms with Gasteiger partial charge in [-0.2, -0.15) is 60.8 Å². The van der Waals surface area contributed by atoms with Gasteiger partial charge >= 0.3 is 0 Å². The Morgan fingerprint density at radius 2 is 0.864 bits per heavy atom. The fourth-order valence-electron chi connectivity index (χ4n) is 4.94. The molecule has 0 bridgehead atoms. The van der Waals surface area contributed by atoms with Gasteiger partial charge in [0, 0.05) is 45.8 Å². The molecule has 1 aromatic carbocycles. The number of nitriles is 8. The van der Waals surface area contributed by atoms with Crippen LogP contribution in [-0.4, -0.2) is 19.9 Å². The van der Waals surface area contributed by atoms with E-state index in [0.717, 1.165) is 12.4 Å². The second-order valence-corrected chi connectivity index (χ2v) is 8.63. The van der Waals surface area contributed by atoms with Crippen molar-refractivity contribution in [3.05, 3.63) is 92.6 Å². The Hall–Kier alpha value is -7.88. The van der Waals surface area contributed by atoms with E-state index in [-0.39, 0.29) is 55.7 Å². The normalized spacial score (nSPS) is 12.3. The highest BCUT2D eigenvalue weighted by Crippen LogP contribution is 2.54. The van der Waals surface area contributed by atoms with E-state index in [1.165, 1.54) is 12.1 Å². The number of halogens is 2. The lowest BCUT2D eigenvalue weighted by Gasteiger charge is -2.11. The van der Waals surface area contributed by atoms with E-state index in [4.69, 9.17) is 10.5 Å². The van der Waals surface area contributed by atoms with Crippen LogP contribution < -0.4 is 0 Å². The molecule has 0 N–H and O–H groups in total. The number of benzene rings is 1. The first-order chi connectivity index (χ1) is 21.3. The van der Waals surface area contributed by atoms with Gasteiger partial charge in [-0.3, -0.25) is 0 Å². The van der Waals surface area contributed by atoms with E-state index < -0.39 is 45.8 Å². The Labute approximate surface area is 245 Å². The molecule has 0 spiro atoms. The van der Waals surface area contributed by atoms with Crippen LogP contribution in [0.3, 0.4) is 0 Å². The van der Waals surface area contributed by atoms with Gasteiger partial charge in [-0.1, -0.05) is 0 Å². The molecule has 2 aromatic heterocycles. The highest BCUT2D eigenvalue weighted by molar-refractivity contribution is 6.29. The van der Waals surface area contributed by atoms with Crippen molar-refractivity contribution in [1.29, 1.82) is 42.1 Å². The fourth-order valence-corrected chi connectivity index (χ4v) is 4.94. The van der Waals surface area contributed by atoms with Crippen LogP contribution in [-0.2, 0) is 0 Å². The molecule has 0 amide bonds. The molecule has 0 saturated carbocycles. The van der Waals surface area contributed by atoms with Crippen molar-refractivity contribution in [3.8, 4) is 48.6 Å². The monoisotopic (exact) mass is 570 g/mol. The minimum atomic E-state index is -1.22. The van der Waals surface area contributed by atoms with Gasteiger partial charge < -0.3 is 0 Å². The van der Waals surface area contributed by atoms with E-state index in [9.17, 15) is 31.6 Å². The van der Waals surface area contributed by atoms with Crippen molar-refractivity contribution in [2.24, 2.45) is 0 Å². The Balaban J connectivity index is 1.94. The van der Waals surface area contributed by atoms with Crippen molar-refractivity contribution < 1.29 is 8.78 Å². The summed E-state index contributed by atoms with van der Waals surface area (Å²) in [6, 6.07) is 16.4. The maximum atomic E-state index is 15.2. The first-order valence-corrected chi connectivity index (χ1v) is 11.8. The Bertz CT molecular complexity index is 2190. The number of nitrogens with zero attached hydrogens (tertiary/aromatic N) is 12. The molecule has 0 atom stereocenters. The molecular weight excluding hydrogens is 566 g/mol. The van der Waals surface area contributed by atoms with E-state index in [2.05, 4.69) is 19.9 Å². The van der Waals surface area contributed by atoms with Gasteiger partial charge in [-0.25, -0.2) is 9.97 Å². The summed E-state index contributed by atoms with van der Waals surface area (Å²) in [5.41, 5.74) is -3.25. The molecule has 0 fully saturated rings. The zero-order chi connectivity index (χ0) is 31.7. The van der Waals surface area contributed by atoms with Crippen LogP contribution in [0.2, 0.25) is 0 Å². The second kappa shape index (κ2) is 10.6. The minimum Gasteiger partial charge on any atom is -0.227 e. The number of fused-ring (bicyclic) bond motifs is 2. The Kier molecular flexibility index (Phi) is 6.66. The number of aromatic nitrogens is 4. The molecule has 3 aromatic rings. The lowest BCUT2D eigenvalue weighted by molar-refractivity contribution is 0.573. The summed E-state index contributed by atoms with van der Waals surface area (Å²) < 4.78 is 30.4. The Morgan fingerprint density at radius 1 is 0.500 bits per heavy atom. The topological polar surface area (TPSA) is 242 Å². The lowest BCUT2D eigenvalue weighted by atomic mass is 9.90. The number of hydrogen-bond donors (Lipinski definition) is 0. The van der Waals surface area contributed by atoms with Crippen LogP contribution >= 0.6 is 0 Å². The predicted molar refractivity (Wildman–Crippen MR) is 141 cm³/mol. The van der Waals surface area contributed by atoms with Crippen molar-refractivity contribution in [2.75, 3.05) is 0 Å². The first-order valence-electron chi connectivity index (χ1n) is 11.8. The molecule has 2 aliphatic rings. The molecule has 2 heterocycles. The molecule has 2 aliphatic carbocycles. The second-order valence-electron chi connectivity index (χ2n) is 8.63. The number of rotatable bonds is 2. The molecule has 5 rings (SSSR count). The summed E-state index contributed by atoms with van der Waals surface area (Å²) in [5, 5.41) is 77.7. The van der Waals surface area contributed by atoms with Crippen molar-refractivity contribution in [3.63, 3.8) is 0 Å². The summed E-state index contributed by atoms with van der Waals surface area (Å²) in [5.74, 6) is -3.48. The van der Waals surface area contributed by atoms with Crippen molar-refractivity contribution in [1.82, 2.24) is 19.9 Å². The smallest absolute Gasteiger partial charge is 0.227 e. The Morgan fingerprint density at radius 3 is 1.14 bits per heavy atom. The maximum Gasteiger partial charge on any atom is 0.234 e. The van der Waals surface area contributed by atoms with Gasteiger partial charge in [0.1, 0.15) is 59.7 Å². The zero-order valence-corrected chi connectivity index (χ0v) is 21.4. The van der Waals surface area contributed by atoms with Gasteiger partial charge in [-0.15, -0.1) is 0 Å². The zero-order valence-electron chi connectivity index (χ0n) is 21.4. The highest BCUT2D eigenvalue weighted by atomic mass is 19.1. The SMILES string of the molecule is N#CC(C#N)=C1C(c2cnc(C#N)nc2F)=C(C#N)c2cc3c(cc21)C(C#N)=C(c1cnc(C#N)nc1F)C3=C(C#N)C#N. The van der Waals surface area contributed by atoms with E-state index in [1.807, 2.05) is 12.1 Å². The van der Waals surface area contributed by atoms with Crippen LogP contribution in [0.1, 0.15) is 45.0 Å². The van der Waals surface area contributed by atoms with Gasteiger partial charge in [-0.05, 0) is 23.3 Å². The summed E-state index contributed by atoms with van der Waals surface area (Å²) in [7, 11) is 0. The average molecular weight is 570 g/mol. The van der Waals surface area contributed by atoms with E-state index >= 15 is 8.78 Å². The molecule has 198 valence electrons. The standard InChI is InChI=1S/C30H4F2N12/c31-29-21(11-41-23(9-39)43-29)27-19(7-37)15-1-17-16(2-18(15)26(27)14(5-35)6-36)20(8-38)28(25(17)13(3-33)4-34)22-12-42-24(10-40)44-30(22)32/h1-2,11-12H. The summed E-state index contributed by atoms with van der Waals surface area (Å²) in [6.07, 6.45) is 1.83. The summed E-state index contributed by atoms with van der Waals surface area (Å²) in [6.45, 7) is 0. The lowest BCUT2D eigenvalue weighted by Crippen LogP contribution is -2.01. The molecular formula is C30H4F2N12. The number of hydrogen-bond acceptors (Lipinski definition) is 12.